The van der Waals surface area contributed by atoms with Gasteiger partial charge < -0.3 is 25.2 Å². The Morgan fingerprint density at radius 3 is 2.53 bits per heavy atom. The number of amides is 3. The fraction of sp³-hybridized carbons (Fsp3) is 0.727. The predicted molar refractivity (Wildman–Crippen MR) is 123 cm³/mol. The van der Waals surface area contributed by atoms with Gasteiger partial charge in [0, 0.05) is 44.4 Å². The van der Waals surface area contributed by atoms with Gasteiger partial charge in [0.15, 0.2) is 5.01 Å². The first-order chi connectivity index (χ1) is 14.9. The molecule has 3 amide bonds. The van der Waals surface area contributed by atoms with Gasteiger partial charge >= 0.3 is 6.09 Å². The lowest BCUT2D eigenvalue weighted by molar-refractivity contribution is -0.134. The van der Waals surface area contributed by atoms with Crippen molar-refractivity contribution in [2.24, 2.45) is 5.92 Å². The van der Waals surface area contributed by atoms with Crippen LogP contribution in [0.1, 0.15) is 60.4 Å². The van der Waals surface area contributed by atoms with Crippen LogP contribution >= 0.6 is 11.3 Å². The molecule has 2 N–H and O–H groups in total. The van der Waals surface area contributed by atoms with Gasteiger partial charge in [-0.2, -0.15) is 0 Å². The van der Waals surface area contributed by atoms with Crippen LogP contribution in [0.15, 0.2) is 0 Å². The van der Waals surface area contributed by atoms with E-state index in [2.05, 4.69) is 27.6 Å². The maximum Gasteiger partial charge on any atom is 0.407 e. The Hall–Kier alpha value is -2.20. The van der Waals surface area contributed by atoms with Crippen LogP contribution < -0.4 is 10.6 Å². The lowest BCUT2D eigenvalue weighted by Gasteiger charge is -2.37. The molecule has 1 aromatic rings. The van der Waals surface area contributed by atoms with Gasteiger partial charge in [-0.3, -0.25) is 9.59 Å². The molecule has 178 valence electrons. The van der Waals surface area contributed by atoms with Crippen molar-refractivity contribution < 1.29 is 19.1 Å². The number of fused-ring (bicyclic) bond motifs is 1. The normalized spacial score (nSPS) is 23.8. The summed E-state index contributed by atoms with van der Waals surface area (Å²) in [4.78, 5) is 47.5. The van der Waals surface area contributed by atoms with Gasteiger partial charge in [0.2, 0.25) is 5.91 Å². The van der Waals surface area contributed by atoms with Gasteiger partial charge in [-0.1, -0.05) is 0 Å². The molecule has 0 aromatic carbocycles. The van der Waals surface area contributed by atoms with E-state index in [1.54, 1.807) is 39.8 Å². The van der Waals surface area contributed by atoms with E-state index >= 15 is 0 Å². The fourth-order valence-electron chi connectivity index (χ4n) is 4.20. The number of hydrogen-bond acceptors (Lipinski definition) is 7. The minimum Gasteiger partial charge on any atom is -0.444 e. The van der Waals surface area contributed by atoms with Gasteiger partial charge in [-0.15, -0.1) is 11.3 Å². The smallest absolute Gasteiger partial charge is 0.407 e. The molecular formula is C22H35N5O4S. The fourth-order valence-corrected chi connectivity index (χ4v) is 5.29. The molecule has 2 aliphatic rings. The molecule has 2 unspecified atom stereocenters. The number of aromatic nitrogens is 1. The highest BCUT2D eigenvalue weighted by atomic mass is 32.1. The monoisotopic (exact) mass is 465 g/mol. The molecule has 3 rings (SSSR count). The van der Waals surface area contributed by atoms with Crippen LogP contribution in [0.2, 0.25) is 0 Å². The Labute approximate surface area is 193 Å². The van der Waals surface area contributed by atoms with E-state index in [0.29, 0.717) is 24.3 Å². The van der Waals surface area contributed by atoms with Crippen molar-refractivity contribution in [3.8, 4) is 0 Å². The number of hydrogen-bond donors (Lipinski definition) is 2. The van der Waals surface area contributed by atoms with Crippen molar-refractivity contribution in [1.82, 2.24) is 25.4 Å². The number of alkyl carbamates (subject to hydrolysis) is 1. The van der Waals surface area contributed by atoms with Gasteiger partial charge in [0.05, 0.1) is 17.8 Å². The molecular weight excluding hydrogens is 430 g/mol. The highest BCUT2D eigenvalue weighted by molar-refractivity contribution is 7.13. The van der Waals surface area contributed by atoms with E-state index in [4.69, 9.17) is 4.74 Å². The van der Waals surface area contributed by atoms with Crippen LogP contribution in [-0.4, -0.2) is 78.1 Å². The van der Waals surface area contributed by atoms with Gasteiger partial charge in [0.1, 0.15) is 5.60 Å². The lowest BCUT2D eigenvalue weighted by atomic mass is 9.81. The summed E-state index contributed by atoms with van der Waals surface area (Å²) in [5, 5.41) is 6.39. The molecule has 9 nitrogen and oxygen atoms in total. The van der Waals surface area contributed by atoms with Crippen molar-refractivity contribution in [2.45, 2.75) is 70.7 Å². The zero-order chi connectivity index (χ0) is 23.6. The number of carbonyl (C=O) groups excluding carboxylic acids is 3. The van der Waals surface area contributed by atoms with Crippen LogP contribution in [0.4, 0.5) is 4.79 Å². The first-order valence-corrected chi connectivity index (χ1v) is 11.9. The highest BCUT2D eigenvalue weighted by Gasteiger charge is 2.37. The Morgan fingerprint density at radius 1 is 1.16 bits per heavy atom. The van der Waals surface area contributed by atoms with E-state index in [1.165, 1.54) is 11.3 Å². The molecule has 32 heavy (non-hydrogen) atoms. The number of nitrogens with zero attached hydrogens (tertiary/aromatic N) is 3. The van der Waals surface area contributed by atoms with Crippen molar-refractivity contribution >= 4 is 29.2 Å². The quantitative estimate of drug-likeness (QED) is 0.705. The molecule has 0 radical (unpaired) electrons. The minimum absolute atomic E-state index is 0.0349. The zero-order valence-corrected chi connectivity index (χ0v) is 20.7. The van der Waals surface area contributed by atoms with Crippen LogP contribution in [0.25, 0.3) is 0 Å². The first-order valence-electron chi connectivity index (χ1n) is 11.1. The van der Waals surface area contributed by atoms with Crippen molar-refractivity contribution in [3.05, 3.63) is 15.6 Å². The number of nitrogens with one attached hydrogen (secondary N) is 2. The Kier molecular flexibility index (Phi) is 7.44. The van der Waals surface area contributed by atoms with Crippen molar-refractivity contribution in [1.29, 1.82) is 0 Å². The average Bonchev–Trinajstić information content (AvgIpc) is 3.10. The molecule has 10 heteroatoms. The first kappa shape index (κ1) is 24.4. The summed E-state index contributed by atoms with van der Waals surface area (Å²) < 4.78 is 5.40. The van der Waals surface area contributed by atoms with E-state index in [0.717, 1.165) is 30.1 Å². The van der Waals surface area contributed by atoms with Crippen LogP contribution in [0, 0.1) is 5.92 Å². The number of thiazole rings is 1. The average molecular weight is 466 g/mol. The molecule has 0 saturated heterocycles. The van der Waals surface area contributed by atoms with Gasteiger partial charge in [-0.25, -0.2) is 9.78 Å². The van der Waals surface area contributed by atoms with E-state index < -0.39 is 11.7 Å². The number of likely N-dealkylation sites (N-methyl/N-ethyl adjacent to an activating group) is 1. The number of carbonyl (C=O) groups is 3. The second-order valence-electron chi connectivity index (χ2n) is 9.95. The molecule has 0 spiro atoms. The van der Waals surface area contributed by atoms with E-state index in [9.17, 15) is 14.4 Å². The van der Waals surface area contributed by atoms with E-state index in [1.807, 2.05) is 0 Å². The predicted octanol–water partition coefficient (Wildman–Crippen LogP) is 2.01. The van der Waals surface area contributed by atoms with Gasteiger partial charge in [-0.05, 0) is 47.1 Å². The Bertz CT molecular complexity index is 863. The Balaban J connectivity index is 1.73. The Morgan fingerprint density at radius 2 is 1.88 bits per heavy atom. The maximum absolute atomic E-state index is 13.1. The second-order valence-corrected chi connectivity index (χ2v) is 11.0. The summed E-state index contributed by atoms with van der Waals surface area (Å²) in [6.45, 7) is 7.14. The van der Waals surface area contributed by atoms with Crippen LogP contribution in [0.3, 0.4) is 0 Å². The molecule has 2 heterocycles. The highest BCUT2D eigenvalue weighted by Crippen LogP contribution is 2.28. The molecule has 1 saturated carbocycles. The second kappa shape index (κ2) is 9.74. The van der Waals surface area contributed by atoms with E-state index in [-0.39, 0.29) is 29.8 Å². The summed E-state index contributed by atoms with van der Waals surface area (Å²) >= 11 is 1.42. The third kappa shape index (κ3) is 6.19. The zero-order valence-electron chi connectivity index (χ0n) is 19.9. The number of rotatable bonds is 4. The SMILES string of the molecule is CN1CCc2nc(C(=O)NC3C[C@@H](C(=O)N(C)C)CCC3NC(=O)OC(C)(C)C)sc2C1. The molecule has 3 atom stereocenters. The summed E-state index contributed by atoms with van der Waals surface area (Å²) in [6.07, 6.45) is 1.99. The maximum atomic E-state index is 13.1. The molecule has 1 aliphatic carbocycles. The third-order valence-electron chi connectivity index (χ3n) is 5.78. The molecule has 1 fully saturated rings. The minimum atomic E-state index is -0.617. The summed E-state index contributed by atoms with van der Waals surface area (Å²) in [5.41, 5.74) is 0.375. The number of ether oxygens (including phenoxy) is 1. The molecule has 1 aliphatic heterocycles. The van der Waals surface area contributed by atoms with Gasteiger partial charge in [0.25, 0.3) is 5.91 Å². The summed E-state index contributed by atoms with van der Waals surface area (Å²) in [5.74, 6) is -0.427. The third-order valence-corrected chi connectivity index (χ3v) is 6.86. The summed E-state index contributed by atoms with van der Waals surface area (Å²) in [7, 11) is 5.52. The lowest BCUT2D eigenvalue weighted by Crippen LogP contribution is -2.56. The topological polar surface area (TPSA) is 104 Å². The molecule has 0 bridgehead atoms. The molecule has 1 aromatic heterocycles. The van der Waals surface area contributed by atoms with Crippen LogP contribution in [-0.2, 0) is 22.5 Å². The van der Waals surface area contributed by atoms with Crippen molar-refractivity contribution in [2.75, 3.05) is 27.7 Å². The van der Waals surface area contributed by atoms with Crippen molar-refractivity contribution in [3.63, 3.8) is 0 Å². The van der Waals surface area contributed by atoms with Crippen LogP contribution in [0.5, 0.6) is 0 Å². The largest absolute Gasteiger partial charge is 0.444 e. The standard InChI is InChI=1S/C22H35N5O4S/c1-22(2,3)31-21(30)25-14-8-7-13(20(29)26(4)5)11-16(14)23-18(28)19-24-15-9-10-27(6)12-17(15)32-19/h13-14,16H,7-12H2,1-6H3,(H,23,28)(H,25,30)/t13-,14?,16?/m0/s1. The summed E-state index contributed by atoms with van der Waals surface area (Å²) in [6, 6.07) is -0.706.